The number of phenols is 1. The van der Waals surface area contributed by atoms with E-state index in [1.807, 2.05) is 0 Å². The molecule has 2 saturated heterocycles. The number of benzene rings is 1. The molecule has 30 heavy (non-hydrogen) atoms. The summed E-state index contributed by atoms with van der Waals surface area (Å²) in [6, 6.07) is 2.87. The second kappa shape index (κ2) is 6.98. The number of anilines is 1. The van der Waals surface area contributed by atoms with Gasteiger partial charge in [-0.25, -0.2) is 14.4 Å². The molecule has 9 nitrogen and oxygen atoms in total. The maximum Gasteiger partial charge on any atom is 0.260 e. The van der Waals surface area contributed by atoms with Crippen molar-refractivity contribution in [2.24, 2.45) is 7.05 Å². The van der Waals surface area contributed by atoms with Crippen molar-refractivity contribution in [3.8, 4) is 17.1 Å². The molecule has 2 bridgehead atoms. The second-order valence-corrected chi connectivity index (χ2v) is 8.09. The van der Waals surface area contributed by atoms with E-state index >= 15 is 0 Å². The normalized spacial score (nSPS) is 25.6. The number of alkyl halides is 1. The van der Waals surface area contributed by atoms with E-state index in [0.717, 1.165) is 12.8 Å². The van der Waals surface area contributed by atoms with Gasteiger partial charge in [0.15, 0.2) is 11.6 Å². The van der Waals surface area contributed by atoms with Gasteiger partial charge in [-0.2, -0.15) is 0 Å². The Morgan fingerprint density at radius 2 is 2.10 bits per heavy atom. The summed E-state index contributed by atoms with van der Waals surface area (Å²) >= 11 is 0. The van der Waals surface area contributed by atoms with Gasteiger partial charge in [0.05, 0.1) is 35.0 Å². The second-order valence-electron chi connectivity index (χ2n) is 8.09. The quantitative estimate of drug-likeness (QED) is 0.661. The minimum Gasteiger partial charge on any atom is -0.507 e. The van der Waals surface area contributed by atoms with Crippen molar-refractivity contribution < 1.29 is 9.50 Å². The molecular weight excluding hydrogens is 389 g/mol. The average Bonchev–Trinajstić information content (AvgIpc) is 3.16. The third kappa shape index (κ3) is 2.98. The number of piperidine rings is 1. The highest BCUT2D eigenvalue weighted by molar-refractivity contribution is 5.85. The third-order valence-corrected chi connectivity index (χ3v) is 6.24. The van der Waals surface area contributed by atoms with Gasteiger partial charge in [0.2, 0.25) is 0 Å². The van der Waals surface area contributed by atoms with Gasteiger partial charge in [0.25, 0.3) is 5.56 Å². The van der Waals surface area contributed by atoms with Crippen molar-refractivity contribution in [3.63, 3.8) is 0 Å². The van der Waals surface area contributed by atoms with Crippen LogP contribution < -0.4 is 15.8 Å². The number of nitrogens with one attached hydrogen (secondary N) is 1. The van der Waals surface area contributed by atoms with Gasteiger partial charge < -0.3 is 19.9 Å². The molecule has 0 spiro atoms. The monoisotopic (exact) mass is 411 g/mol. The van der Waals surface area contributed by atoms with Gasteiger partial charge in [-0.05, 0) is 25.3 Å². The Hall–Kier alpha value is -3.14. The maximum atomic E-state index is 14.8. The van der Waals surface area contributed by atoms with E-state index in [1.54, 1.807) is 19.0 Å². The molecule has 2 N–H and O–H groups in total. The van der Waals surface area contributed by atoms with Crippen LogP contribution in [0.1, 0.15) is 19.3 Å². The highest BCUT2D eigenvalue weighted by atomic mass is 19.1. The van der Waals surface area contributed by atoms with Crippen molar-refractivity contribution >= 4 is 16.7 Å². The lowest BCUT2D eigenvalue weighted by molar-refractivity contribution is 0.176. The molecule has 0 radical (unpaired) electrons. The van der Waals surface area contributed by atoms with Crippen molar-refractivity contribution in [2.45, 2.75) is 43.6 Å². The number of rotatable bonds is 3. The van der Waals surface area contributed by atoms with Crippen LogP contribution in [0.4, 0.5) is 10.2 Å². The highest BCUT2D eigenvalue weighted by Crippen LogP contribution is 2.33. The molecule has 4 heterocycles. The number of aryl methyl sites for hydroxylation is 1. The molecule has 0 saturated carbocycles. The summed E-state index contributed by atoms with van der Waals surface area (Å²) in [6.07, 6.45) is 4.49. The SMILES string of the molecule is CN(c1cnc(-c2cc3c(=O)n(C)cnc3cc2O)nn1)C1CC2CCC(N2)[C@@H]1F. The number of halogens is 1. The topological polar surface area (TPSA) is 109 Å². The molecule has 4 atom stereocenters. The first-order valence-corrected chi connectivity index (χ1v) is 9.94. The molecule has 5 rings (SSSR count). The highest BCUT2D eigenvalue weighted by Gasteiger charge is 2.43. The van der Waals surface area contributed by atoms with Crippen LogP contribution in [-0.2, 0) is 7.05 Å². The number of hydrogen-bond donors (Lipinski definition) is 2. The number of aromatic nitrogens is 5. The molecule has 0 amide bonds. The lowest BCUT2D eigenvalue weighted by Crippen LogP contribution is -2.55. The van der Waals surface area contributed by atoms with Crippen molar-refractivity contribution in [2.75, 3.05) is 11.9 Å². The van der Waals surface area contributed by atoms with Crippen LogP contribution in [0, 0.1) is 0 Å². The zero-order chi connectivity index (χ0) is 21.0. The van der Waals surface area contributed by atoms with Crippen LogP contribution in [-0.4, -0.2) is 61.2 Å². The molecule has 0 aliphatic carbocycles. The Labute approximate surface area is 171 Å². The van der Waals surface area contributed by atoms with E-state index in [1.165, 1.54) is 29.2 Å². The first kappa shape index (κ1) is 18.9. The minimum absolute atomic E-state index is 0.0927. The number of fused-ring (bicyclic) bond motifs is 3. The van der Waals surface area contributed by atoms with Gasteiger partial charge in [-0.3, -0.25) is 4.79 Å². The molecule has 2 aromatic heterocycles. The first-order valence-electron chi connectivity index (χ1n) is 9.94. The predicted octanol–water partition coefficient (Wildman–Crippen LogP) is 1.16. The van der Waals surface area contributed by atoms with Crippen LogP contribution in [0.25, 0.3) is 22.3 Å². The number of aromatic hydroxyl groups is 1. The molecule has 2 aliphatic heterocycles. The Balaban J connectivity index is 1.46. The summed E-state index contributed by atoms with van der Waals surface area (Å²) in [4.78, 5) is 22.6. The van der Waals surface area contributed by atoms with E-state index in [4.69, 9.17) is 0 Å². The number of phenolic OH excluding ortho intramolecular Hbond substituents is 1. The zero-order valence-corrected chi connectivity index (χ0v) is 16.7. The Morgan fingerprint density at radius 3 is 2.87 bits per heavy atom. The Morgan fingerprint density at radius 1 is 1.27 bits per heavy atom. The molecule has 10 heteroatoms. The smallest absolute Gasteiger partial charge is 0.260 e. The molecule has 2 aliphatic rings. The third-order valence-electron chi connectivity index (χ3n) is 6.24. The van der Waals surface area contributed by atoms with Crippen molar-refractivity contribution in [1.82, 2.24) is 30.0 Å². The van der Waals surface area contributed by atoms with Crippen LogP contribution in [0.2, 0.25) is 0 Å². The largest absolute Gasteiger partial charge is 0.507 e. The van der Waals surface area contributed by atoms with Crippen LogP contribution >= 0.6 is 0 Å². The van der Waals surface area contributed by atoms with Gasteiger partial charge in [0, 0.05) is 32.2 Å². The maximum absolute atomic E-state index is 14.8. The lowest BCUT2D eigenvalue weighted by atomic mass is 9.96. The van der Waals surface area contributed by atoms with Crippen LogP contribution in [0.3, 0.4) is 0 Å². The average molecular weight is 411 g/mol. The number of nitrogens with zero attached hydrogens (tertiary/aromatic N) is 6. The van der Waals surface area contributed by atoms with Crippen LogP contribution in [0.5, 0.6) is 5.75 Å². The Bertz CT molecular complexity index is 1170. The van der Waals surface area contributed by atoms with Crippen molar-refractivity contribution in [3.05, 3.63) is 35.0 Å². The van der Waals surface area contributed by atoms with Gasteiger partial charge in [0.1, 0.15) is 11.9 Å². The zero-order valence-electron chi connectivity index (χ0n) is 16.7. The first-order chi connectivity index (χ1) is 14.4. The lowest BCUT2D eigenvalue weighted by Gasteiger charge is -2.38. The summed E-state index contributed by atoms with van der Waals surface area (Å²) in [5.41, 5.74) is 0.441. The molecule has 1 aromatic carbocycles. The van der Waals surface area contributed by atoms with Gasteiger partial charge in [-0.1, -0.05) is 0 Å². The minimum atomic E-state index is -0.983. The fourth-order valence-corrected chi connectivity index (χ4v) is 4.50. The van der Waals surface area contributed by atoms with Crippen LogP contribution in [0.15, 0.2) is 29.5 Å². The summed E-state index contributed by atoms with van der Waals surface area (Å²) in [6.45, 7) is 0. The fourth-order valence-electron chi connectivity index (χ4n) is 4.50. The summed E-state index contributed by atoms with van der Waals surface area (Å²) < 4.78 is 16.2. The predicted molar refractivity (Wildman–Crippen MR) is 109 cm³/mol. The summed E-state index contributed by atoms with van der Waals surface area (Å²) in [5.74, 6) is 0.551. The van der Waals surface area contributed by atoms with Gasteiger partial charge in [-0.15, -0.1) is 10.2 Å². The van der Waals surface area contributed by atoms with E-state index in [-0.39, 0.29) is 34.8 Å². The molecule has 3 unspecified atom stereocenters. The van der Waals surface area contributed by atoms with Crippen molar-refractivity contribution in [1.29, 1.82) is 0 Å². The van der Waals surface area contributed by atoms with E-state index < -0.39 is 6.17 Å². The standard InChI is InChI=1S/C20H22FN7O2/c1-27-9-23-14-7-16(29)12(6-11(14)20(27)30)19-22-8-17(25-26-19)28(2)15-5-10-3-4-13(24-10)18(15)21/h6-10,13,15,18,24,29H,3-5H2,1-2H3/t10?,13?,15?,18-/m0/s1. The van der Waals surface area contributed by atoms with E-state index in [0.29, 0.717) is 29.2 Å². The van der Waals surface area contributed by atoms with E-state index in [9.17, 15) is 14.3 Å². The summed E-state index contributed by atoms with van der Waals surface area (Å²) in [5, 5.41) is 22.4. The summed E-state index contributed by atoms with van der Waals surface area (Å²) in [7, 11) is 3.41. The molecule has 2 fully saturated rings. The van der Waals surface area contributed by atoms with E-state index in [2.05, 4.69) is 25.5 Å². The molecule has 3 aromatic rings. The fraction of sp³-hybridized carbons (Fsp3) is 0.450. The molecular formula is C20H22FN7O2. The number of hydrogen-bond acceptors (Lipinski definition) is 8. The Kier molecular flexibility index (Phi) is 4.39. The molecule has 156 valence electrons. The van der Waals surface area contributed by atoms with Gasteiger partial charge >= 0.3 is 0 Å².